The molecule has 0 bridgehead atoms. The smallest absolute Gasteiger partial charge is 0.279 e. The predicted octanol–water partition coefficient (Wildman–Crippen LogP) is 0.941. The summed E-state index contributed by atoms with van der Waals surface area (Å²) >= 11 is 0. The van der Waals surface area contributed by atoms with E-state index < -0.39 is 10.2 Å². The summed E-state index contributed by atoms with van der Waals surface area (Å²) in [4.78, 5) is 0. The van der Waals surface area contributed by atoms with E-state index >= 15 is 0 Å². The Morgan fingerprint density at radius 3 is 2.84 bits per heavy atom. The molecule has 0 amide bonds. The van der Waals surface area contributed by atoms with Crippen molar-refractivity contribution < 1.29 is 8.42 Å². The highest BCUT2D eigenvalue weighted by Gasteiger charge is 2.41. The van der Waals surface area contributed by atoms with Crippen molar-refractivity contribution in [2.75, 3.05) is 26.7 Å². The topological polar surface area (TPSA) is 61.4 Å². The second-order valence-corrected chi connectivity index (χ2v) is 7.64. The van der Waals surface area contributed by atoms with E-state index in [-0.39, 0.29) is 6.04 Å². The summed E-state index contributed by atoms with van der Waals surface area (Å²) in [5.74, 6) is 1.01. The Hall–Kier alpha value is -0.170. The first-order chi connectivity index (χ1) is 9.06. The predicted molar refractivity (Wildman–Crippen MR) is 77.1 cm³/mol. The van der Waals surface area contributed by atoms with Gasteiger partial charge in [0.2, 0.25) is 0 Å². The molecule has 1 heterocycles. The highest BCUT2D eigenvalue weighted by molar-refractivity contribution is 7.87. The molecule has 0 aromatic carbocycles. The average molecular weight is 289 g/mol. The molecule has 3 atom stereocenters. The van der Waals surface area contributed by atoms with Crippen LogP contribution in [0.4, 0.5) is 0 Å². The highest BCUT2D eigenvalue weighted by Crippen LogP contribution is 2.35. The molecule has 1 saturated carbocycles. The van der Waals surface area contributed by atoms with Gasteiger partial charge in [0.05, 0.1) is 0 Å². The maximum atomic E-state index is 12.3. The summed E-state index contributed by atoms with van der Waals surface area (Å²) in [6.07, 6.45) is 5.37. The molecule has 5 nitrogen and oxygen atoms in total. The largest absolute Gasteiger partial charge is 0.319 e. The molecule has 2 rings (SSSR count). The van der Waals surface area contributed by atoms with Gasteiger partial charge in [-0.1, -0.05) is 13.3 Å². The van der Waals surface area contributed by atoms with Crippen LogP contribution in [0.3, 0.4) is 0 Å². The molecule has 19 heavy (non-hydrogen) atoms. The summed E-state index contributed by atoms with van der Waals surface area (Å²) in [7, 11) is -1.35. The molecule has 0 aromatic heterocycles. The molecule has 6 heteroatoms. The lowest BCUT2D eigenvalue weighted by Crippen LogP contribution is -2.48. The average Bonchev–Trinajstić information content (AvgIpc) is 3.08. The van der Waals surface area contributed by atoms with E-state index in [2.05, 4.69) is 17.0 Å². The zero-order chi connectivity index (χ0) is 13.9. The molecule has 0 radical (unpaired) electrons. The van der Waals surface area contributed by atoms with Crippen LogP contribution in [0, 0.1) is 11.8 Å². The van der Waals surface area contributed by atoms with Gasteiger partial charge in [-0.3, -0.25) is 0 Å². The molecule has 2 N–H and O–H groups in total. The molecule has 2 fully saturated rings. The van der Waals surface area contributed by atoms with Gasteiger partial charge >= 0.3 is 0 Å². The zero-order valence-electron chi connectivity index (χ0n) is 12.1. The first-order valence-corrected chi connectivity index (χ1v) is 8.92. The fourth-order valence-electron chi connectivity index (χ4n) is 3.05. The monoisotopic (exact) mass is 289 g/mol. The Balaban J connectivity index is 1.85. The van der Waals surface area contributed by atoms with Crippen molar-refractivity contribution in [1.29, 1.82) is 0 Å². The minimum Gasteiger partial charge on any atom is -0.319 e. The summed E-state index contributed by atoms with van der Waals surface area (Å²) in [6.45, 7) is 4.37. The molecule has 1 aliphatic carbocycles. The van der Waals surface area contributed by atoms with E-state index in [1.807, 2.05) is 7.05 Å². The van der Waals surface area contributed by atoms with Gasteiger partial charge in [-0.2, -0.15) is 17.4 Å². The van der Waals surface area contributed by atoms with Gasteiger partial charge < -0.3 is 5.32 Å². The fourth-order valence-corrected chi connectivity index (χ4v) is 4.64. The Morgan fingerprint density at radius 2 is 2.16 bits per heavy atom. The SMILES string of the molecule is CCCC1CC1NS(=O)(=O)N1CCCC(CNC)C1. The Bertz CT molecular complexity index is 383. The van der Waals surface area contributed by atoms with E-state index in [1.165, 1.54) is 0 Å². The quantitative estimate of drug-likeness (QED) is 0.733. The maximum absolute atomic E-state index is 12.3. The normalized spacial score (nSPS) is 32.4. The van der Waals surface area contributed by atoms with Crippen LogP contribution >= 0.6 is 0 Å². The van der Waals surface area contributed by atoms with Crippen LogP contribution < -0.4 is 10.0 Å². The van der Waals surface area contributed by atoms with Crippen LogP contribution in [-0.2, 0) is 10.2 Å². The number of hydrogen-bond acceptors (Lipinski definition) is 3. The molecule has 1 saturated heterocycles. The molecule has 0 spiro atoms. The van der Waals surface area contributed by atoms with Gasteiger partial charge in [-0.25, -0.2) is 0 Å². The Labute approximate surface area is 117 Å². The van der Waals surface area contributed by atoms with Crippen LogP contribution in [0.5, 0.6) is 0 Å². The second-order valence-electron chi connectivity index (χ2n) is 5.94. The van der Waals surface area contributed by atoms with Crippen molar-refractivity contribution in [3.8, 4) is 0 Å². The third-order valence-electron chi connectivity index (χ3n) is 4.20. The standard InChI is InChI=1S/C13H27N3O2S/c1-3-5-12-8-13(12)15-19(17,18)16-7-4-6-11(10-16)9-14-2/h11-15H,3-10H2,1-2H3. The number of nitrogens with one attached hydrogen (secondary N) is 2. The third-order valence-corrected chi connectivity index (χ3v) is 5.81. The number of hydrogen-bond donors (Lipinski definition) is 2. The first kappa shape index (κ1) is 15.2. The zero-order valence-corrected chi connectivity index (χ0v) is 12.9. The van der Waals surface area contributed by atoms with E-state index in [0.717, 1.165) is 38.6 Å². The van der Waals surface area contributed by atoms with Gasteiger partial charge in [-0.15, -0.1) is 0 Å². The van der Waals surface area contributed by atoms with Crippen LogP contribution in [0.2, 0.25) is 0 Å². The Kier molecular flexibility index (Phi) is 5.22. The van der Waals surface area contributed by atoms with Crippen molar-refractivity contribution in [2.24, 2.45) is 11.8 Å². The highest BCUT2D eigenvalue weighted by atomic mass is 32.2. The van der Waals surface area contributed by atoms with Crippen molar-refractivity contribution in [3.05, 3.63) is 0 Å². The molecule has 0 aromatic rings. The third kappa shape index (κ3) is 4.15. The van der Waals surface area contributed by atoms with Gasteiger partial charge in [0.1, 0.15) is 0 Å². The minimum absolute atomic E-state index is 0.189. The minimum atomic E-state index is -3.27. The van der Waals surface area contributed by atoms with Crippen LogP contribution in [0.1, 0.15) is 39.0 Å². The van der Waals surface area contributed by atoms with Crippen molar-refractivity contribution >= 4 is 10.2 Å². The molecular formula is C13H27N3O2S. The lowest BCUT2D eigenvalue weighted by molar-refractivity contribution is 0.260. The van der Waals surface area contributed by atoms with Crippen LogP contribution in [-0.4, -0.2) is 45.4 Å². The lowest BCUT2D eigenvalue weighted by atomic mass is 10.00. The molecule has 3 unspecified atom stereocenters. The molecular weight excluding hydrogens is 262 g/mol. The van der Waals surface area contributed by atoms with E-state index in [0.29, 0.717) is 24.9 Å². The van der Waals surface area contributed by atoms with E-state index in [1.54, 1.807) is 4.31 Å². The lowest BCUT2D eigenvalue weighted by Gasteiger charge is -2.31. The van der Waals surface area contributed by atoms with Gasteiger partial charge in [0.15, 0.2) is 0 Å². The maximum Gasteiger partial charge on any atom is 0.279 e. The van der Waals surface area contributed by atoms with Gasteiger partial charge in [0.25, 0.3) is 10.2 Å². The van der Waals surface area contributed by atoms with Crippen molar-refractivity contribution in [3.63, 3.8) is 0 Å². The fraction of sp³-hybridized carbons (Fsp3) is 1.00. The second kappa shape index (κ2) is 6.52. The van der Waals surface area contributed by atoms with E-state index in [4.69, 9.17) is 0 Å². The number of nitrogens with zero attached hydrogens (tertiary/aromatic N) is 1. The molecule has 1 aliphatic heterocycles. The summed E-state index contributed by atoms with van der Waals surface area (Å²) in [5.41, 5.74) is 0. The summed E-state index contributed by atoms with van der Waals surface area (Å²) in [6, 6.07) is 0.189. The van der Waals surface area contributed by atoms with E-state index in [9.17, 15) is 8.42 Å². The van der Waals surface area contributed by atoms with Crippen LogP contribution in [0.25, 0.3) is 0 Å². The summed E-state index contributed by atoms with van der Waals surface area (Å²) in [5, 5.41) is 3.14. The van der Waals surface area contributed by atoms with Crippen LogP contribution in [0.15, 0.2) is 0 Å². The van der Waals surface area contributed by atoms with Crippen molar-refractivity contribution in [2.45, 2.75) is 45.1 Å². The first-order valence-electron chi connectivity index (χ1n) is 7.48. The molecule has 2 aliphatic rings. The number of rotatable bonds is 7. The van der Waals surface area contributed by atoms with Gasteiger partial charge in [0, 0.05) is 19.1 Å². The summed E-state index contributed by atoms with van der Waals surface area (Å²) < 4.78 is 29.2. The van der Waals surface area contributed by atoms with Gasteiger partial charge in [-0.05, 0) is 51.1 Å². The van der Waals surface area contributed by atoms with Crippen molar-refractivity contribution in [1.82, 2.24) is 14.3 Å². The number of piperidine rings is 1. The molecule has 112 valence electrons. The Morgan fingerprint density at radius 1 is 1.37 bits per heavy atom.